The smallest absolute Gasteiger partial charge is 0.253 e. The number of hydrogen-bond acceptors (Lipinski definition) is 6. The first kappa shape index (κ1) is 20.3. The van der Waals surface area contributed by atoms with Crippen molar-refractivity contribution in [1.29, 1.82) is 0 Å². The van der Waals surface area contributed by atoms with Gasteiger partial charge in [0, 0.05) is 42.3 Å². The highest BCUT2D eigenvalue weighted by Crippen LogP contribution is 2.22. The second-order valence-electron chi connectivity index (χ2n) is 6.34. The number of aliphatic hydroxyl groups is 1. The molecule has 29 heavy (non-hydrogen) atoms. The van der Waals surface area contributed by atoms with E-state index in [0.717, 1.165) is 16.9 Å². The molecule has 2 N–H and O–H groups in total. The predicted octanol–water partition coefficient (Wildman–Crippen LogP) is 3.35. The number of carbonyl (C=O) groups is 1. The second-order valence-corrected chi connectivity index (χ2v) is 6.34. The Kier molecular flexibility index (Phi) is 6.76. The molecule has 1 aromatic heterocycles. The van der Waals surface area contributed by atoms with Crippen LogP contribution in [-0.4, -0.2) is 52.7 Å². The van der Waals surface area contributed by atoms with E-state index >= 15 is 0 Å². The summed E-state index contributed by atoms with van der Waals surface area (Å²) in [7, 11) is 1.63. The van der Waals surface area contributed by atoms with E-state index in [2.05, 4.69) is 15.3 Å². The maximum absolute atomic E-state index is 12.6. The summed E-state index contributed by atoms with van der Waals surface area (Å²) in [6.45, 7) is 2.66. The maximum Gasteiger partial charge on any atom is 0.253 e. The Morgan fingerprint density at radius 3 is 2.45 bits per heavy atom. The van der Waals surface area contributed by atoms with Gasteiger partial charge in [0.1, 0.15) is 5.75 Å². The van der Waals surface area contributed by atoms with Crippen LogP contribution in [0.3, 0.4) is 0 Å². The molecule has 0 fully saturated rings. The molecule has 0 spiro atoms. The summed E-state index contributed by atoms with van der Waals surface area (Å²) in [4.78, 5) is 22.9. The number of hydrogen-bond donors (Lipinski definition) is 2. The van der Waals surface area contributed by atoms with Gasteiger partial charge >= 0.3 is 0 Å². The minimum absolute atomic E-state index is 0.0636. The highest BCUT2D eigenvalue weighted by molar-refractivity contribution is 5.95. The van der Waals surface area contributed by atoms with Crippen LogP contribution in [0.1, 0.15) is 17.3 Å². The van der Waals surface area contributed by atoms with Crippen molar-refractivity contribution < 1.29 is 14.6 Å². The van der Waals surface area contributed by atoms with Gasteiger partial charge in [0.15, 0.2) is 0 Å². The maximum atomic E-state index is 12.6. The first-order chi connectivity index (χ1) is 14.1. The Hall–Kier alpha value is -3.45. The average Bonchev–Trinajstić information content (AvgIpc) is 2.78. The Morgan fingerprint density at radius 1 is 1.10 bits per heavy atom. The third-order valence-electron chi connectivity index (χ3n) is 4.48. The van der Waals surface area contributed by atoms with Crippen molar-refractivity contribution >= 4 is 17.5 Å². The molecule has 0 aliphatic carbocycles. The minimum atomic E-state index is -0.124. The van der Waals surface area contributed by atoms with Gasteiger partial charge in [0.05, 0.1) is 13.7 Å². The third kappa shape index (κ3) is 5.08. The molecule has 7 nitrogen and oxygen atoms in total. The molecule has 0 unspecified atom stereocenters. The van der Waals surface area contributed by atoms with Gasteiger partial charge in [-0.2, -0.15) is 0 Å². The molecule has 0 saturated carbocycles. The van der Waals surface area contributed by atoms with Crippen LogP contribution in [0.2, 0.25) is 0 Å². The number of anilines is 2. The van der Waals surface area contributed by atoms with Crippen molar-refractivity contribution in [2.45, 2.75) is 6.92 Å². The lowest BCUT2D eigenvalue weighted by Gasteiger charge is -2.20. The van der Waals surface area contributed by atoms with Crippen molar-refractivity contribution in [3.05, 3.63) is 66.5 Å². The van der Waals surface area contributed by atoms with E-state index in [0.29, 0.717) is 30.3 Å². The lowest BCUT2D eigenvalue weighted by atomic mass is 10.1. The largest absolute Gasteiger partial charge is 0.497 e. The van der Waals surface area contributed by atoms with Gasteiger partial charge in [-0.15, -0.1) is 0 Å². The average molecular weight is 392 g/mol. The van der Waals surface area contributed by atoms with Gasteiger partial charge in [-0.1, -0.05) is 18.2 Å². The number of ether oxygens (including phenoxy) is 1. The van der Waals surface area contributed by atoms with Crippen LogP contribution in [0, 0.1) is 0 Å². The highest BCUT2D eigenvalue weighted by Gasteiger charge is 2.14. The third-order valence-corrected chi connectivity index (χ3v) is 4.48. The summed E-state index contributed by atoms with van der Waals surface area (Å²) in [6, 6.07) is 14.8. The standard InChI is InChI=1S/C22H24N4O3/c1-3-26(11-12-27)21(28)17-5-4-6-19(13-17)25-22-23-14-18(15-24-22)16-7-9-20(29-2)10-8-16/h4-10,13-15,27H,3,11-12H2,1-2H3,(H,23,24,25). The molecule has 0 atom stereocenters. The fourth-order valence-electron chi connectivity index (χ4n) is 2.89. The molecule has 0 bridgehead atoms. The van der Waals surface area contributed by atoms with Crippen LogP contribution in [0.15, 0.2) is 60.9 Å². The van der Waals surface area contributed by atoms with Crippen LogP contribution in [-0.2, 0) is 0 Å². The first-order valence-electron chi connectivity index (χ1n) is 9.38. The molecular weight excluding hydrogens is 368 g/mol. The van der Waals surface area contributed by atoms with Crippen molar-refractivity contribution in [3.8, 4) is 16.9 Å². The predicted molar refractivity (Wildman–Crippen MR) is 112 cm³/mol. The van der Waals surface area contributed by atoms with Crippen molar-refractivity contribution in [3.63, 3.8) is 0 Å². The molecule has 150 valence electrons. The number of methoxy groups -OCH3 is 1. The number of aromatic nitrogens is 2. The normalized spacial score (nSPS) is 10.4. The zero-order valence-electron chi connectivity index (χ0n) is 16.5. The zero-order valence-corrected chi connectivity index (χ0v) is 16.5. The Balaban J connectivity index is 1.72. The van der Waals surface area contributed by atoms with Crippen LogP contribution < -0.4 is 10.1 Å². The quantitative estimate of drug-likeness (QED) is 0.611. The van der Waals surface area contributed by atoms with Crippen molar-refractivity contribution in [2.24, 2.45) is 0 Å². The summed E-state index contributed by atoms with van der Waals surface area (Å²) in [6.07, 6.45) is 3.48. The Morgan fingerprint density at radius 2 is 1.83 bits per heavy atom. The Bertz CT molecular complexity index is 943. The monoisotopic (exact) mass is 392 g/mol. The number of nitrogens with zero attached hydrogens (tertiary/aromatic N) is 3. The molecule has 7 heteroatoms. The van der Waals surface area contributed by atoms with E-state index < -0.39 is 0 Å². The molecule has 1 heterocycles. The van der Waals surface area contributed by atoms with E-state index in [9.17, 15) is 4.79 Å². The van der Waals surface area contributed by atoms with Crippen molar-refractivity contribution in [1.82, 2.24) is 14.9 Å². The van der Waals surface area contributed by atoms with Gasteiger partial charge in [0.2, 0.25) is 5.95 Å². The number of rotatable bonds is 8. The summed E-state index contributed by atoms with van der Waals surface area (Å²) >= 11 is 0. The minimum Gasteiger partial charge on any atom is -0.497 e. The molecule has 0 aliphatic rings. The fourth-order valence-corrected chi connectivity index (χ4v) is 2.89. The van der Waals surface area contributed by atoms with Gasteiger partial charge < -0.3 is 20.1 Å². The number of amides is 1. The van der Waals surface area contributed by atoms with E-state index in [1.807, 2.05) is 37.3 Å². The van der Waals surface area contributed by atoms with Gasteiger partial charge in [0.25, 0.3) is 5.91 Å². The fraction of sp³-hybridized carbons (Fsp3) is 0.227. The highest BCUT2D eigenvalue weighted by atomic mass is 16.5. The summed E-state index contributed by atoms with van der Waals surface area (Å²) in [5.74, 6) is 1.11. The SMILES string of the molecule is CCN(CCO)C(=O)c1cccc(Nc2ncc(-c3ccc(OC)cc3)cn2)c1. The van der Waals surface area contributed by atoms with E-state index in [1.54, 1.807) is 42.6 Å². The van der Waals surface area contributed by atoms with Crippen LogP contribution in [0.5, 0.6) is 5.75 Å². The van der Waals surface area contributed by atoms with Gasteiger partial charge in [-0.05, 0) is 42.8 Å². The van der Waals surface area contributed by atoms with Crippen LogP contribution in [0.25, 0.3) is 11.1 Å². The lowest BCUT2D eigenvalue weighted by Crippen LogP contribution is -2.33. The second kappa shape index (κ2) is 9.66. The summed E-state index contributed by atoms with van der Waals surface area (Å²) in [5, 5.41) is 12.2. The topological polar surface area (TPSA) is 87.6 Å². The van der Waals surface area contributed by atoms with Crippen LogP contribution in [0.4, 0.5) is 11.6 Å². The molecule has 2 aromatic carbocycles. The molecule has 0 saturated heterocycles. The van der Waals surface area contributed by atoms with Crippen molar-refractivity contribution in [2.75, 3.05) is 32.1 Å². The van der Waals surface area contributed by atoms with Crippen LogP contribution >= 0.6 is 0 Å². The molecule has 0 aliphatic heterocycles. The molecule has 3 rings (SSSR count). The summed E-state index contributed by atoms with van der Waals surface area (Å²) in [5.41, 5.74) is 3.14. The van der Waals surface area contributed by atoms with Gasteiger partial charge in [-0.25, -0.2) is 9.97 Å². The Labute approximate surface area is 170 Å². The lowest BCUT2D eigenvalue weighted by molar-refractivity contribution is 0.0732. The molecular formula is C22H24N4O3. The first-order valence-corrected chi connectivity index (χ1v) is 9.38. The van der Waals surface area contributed by atoms with E-state index in [4.69, 9.17) is 9.84 Å². The number of likely N-dealkylation sites (N-methyl/N-ethyl adjacent to an activating group) is 1. The number of carbonyl (C=O) groups excluding carboxylic acids is 1. The van der Waals surface area contributed by atoms with E-state index in [1.165, 1.54) is 0 Å². The van der Waals surface area contributed by atoms with E-state index in [-0.39, 0.29) is 12.5 Å². The molecule has 0 radical (unpaired) electrons. The molecule has 3 aromatic rings. The summed E-state index contributed by atoms with van der Waals surface area (Å²) < 4.78 is 5.17. The number of nitrogens with one attached hydrogen (secondary N) is 1. The number of benzene rings is 2. The number of aliphatic hydroxyl groups excluding tert-OH is 1. The van der Waals surface area contributed by atoms with Gasteiger partial charge in [-0.3, -0.25) is 4.79 Å². The zero-order chi connectivity index (χ0) is 20.6. The molecule has 1 amide bonds.